The number of aromatic hydroxyl groups is 1. The van der Waals surface area contributed by atoms with Gasteiger partial charge in [-0.1, -0.05) is 156 Å². The Morgan fingerprint density at radius 1 is 0.511 bits per heavy atom. The second kappa shape index (κ2) is 33.6. The van der Waals surface area contributed by atoms with E-state index >= 15 is 0 Å². The minimum Gasteiger partial charge on any atom is -1.00 e. The molecule has 0 spiro atoms. The zero-order chi connectivity index (χ0) is 68.3. The molecule has 0 fully saturated rings. The van der Waals surface area contributed by atoms with Gasteiger partial charge in [-0.3, -0.25) is 14.4 Å². The standard InChI is InChI=1S/C31H40N2O3.C16H24O.C16H22O.C15H18N2O3.CH4O.B.Na.H/c1-8-35-28(34)20-25(29-32-17-18-33(29)7)22-9-12-24(13-10-22)36-21(2)23-11-14-26-27(19-23)31(5,6)16-15-30(26,3)4;2*1-11(17)12-6-7-13-14(10-12)16(4,5)9-8-15(13,2)3;1-3-20-14(19)10-13(15-16-8-9-17(15)2)11-4-6-12(18)7-5-11;1-2;;;/h9-14,17-19,21,25H,8,15-16,20H2,1-7H3;6-7,10-11,17H,8-9H2,1-5H3;6-7,10H,8-9H2,1-5H3;4-9,13,18H,3,10H2,1-2H3;2H,1H3;;;/q;;;;;;+1;-1/t21?,25-;;;13-;;;;/m0..0..../s1. The van der Waals surface area contributed by atoms with Crippen LogP contribution in [0.25, 0.3) is 0 Å². The Morgan fingerprint density at radius 2 is 0.840 bits per heavy atom. The Hall–Kier alpha value is -6.29. The van der Waals surface area contributed by atoms with E-state index in [1.54, 1.807) is 50.5 Å². The molecule has 0 amide bonds. The Labute approximate surface area is 588 Å². The van der Waals surface area contributed by atoms with Gasteiger partial charge < -0.3 is 40.1 Å². The average Bonchev–Trinajstić information content (AvgIpc) is 1.38. The van der Waals surface area contributed by atoms with Gasteiger partial charge in [0, 0.05) is 60.0 Å². The van der Waals surface area contributed by atoms with Crippen molar-refractivity contribution in [2.45, 2.75) is 226 Å². The molecule has 503 valence electrons. The summed E-state index contributed by atoms with van der Waals surface area (Å²) >= 11 is 0. The van der Waals surface area contributed by atoms with Gasteiger partial charge in [0.2, 0.25) is 0 Å². The van der Waals surface area contributed by atoms with Gasteiger partial charge in [-0.15, -0.1) is 0 Å². The number of ether oxygens (including phenoxy) is 3. The molecule has 3 radical (unpaired) electrons. The summed E-state index contributed by atoms with van der Waals surface area (Å²) in [6.45, 7) is 37.8. The van der Waals surface area contributed by atoms with Gasteiger partial charge in [0.25, 0.3) is 0 Å². The smallest absolute Gasteiger partial charge is 1.00 e. The molecule has 3 N–H and O–H groups in total. The number of aliphatic hydroxyl groups excluding tert-OH is 2. The molecule has 0 saturated carbocycles. The topological polar surface area (TPSA) is 175 Å². The minimum absolute atomic E-state index is 0. The Bertz CT molecular complexity index is 3610. The predicted octanol–water partition coefficient (Wildman–Crippen LogP) is 13.9. The summed E-state index contributed by atoms with van der Waals surface area (Å²) < 4.78 is 20.5. The van der Waals surface area contributed by atoms with E-state index in [-0.39, 0.29) is 132 Å². The number of nitrogens with zero attached hydrogens (tertiary/aromatic N) is 4. The Balaban J connectivity index is 0.000000343. The van der Waals surface area contributed by atoms with Gasteiger partial charge in [-0.05, 0) is 192 Å². The van der Waals surface area contributed by atoms with Crippen molar-refractivity contribution < 1.29 is 74.9 Å². The second-order valence-corrected chi connectivity index (χ2v) is 29.2. The van der Waals surface area contributed by atoms with E-state index in [0.717, 1.165) is 46.8 Å². The van der Waals surface area contributed by atoms with Gasteiger partial charge >= 0.3 is 41.5 Å². The SMILES string of the molecule is CC(=O)c1ccc2c(c1)C(C)(C)CCC2(C)C.CC(O)c1ccc2c(c1)C(C)(C)CCC2(C)C.CCOC(=O)C[C@@H](c1ccc(O)cc1)c1nccn1C.CCOC(=O)C[C@@H](c1ccc(OC(C)c2ccc3c(c2)C(C)(C)CCC3(C)C)cc1)c1nccn1C.CO.[B].[H-].[Na+]. The molecule has 7 aromatic rings. The van der Waals surface area contributed by atoms with Crippen LogP contribution < -0.4 is 34.3 Å². The molecule has 3 aliphatic carbocycles. The number of aliphatic hydroxyl groups is 2. The van der Waals surface area contributed by atoms with E-state index in [0.29, 0.717) is 13.2 Å². The van der Waals surface area contributed by atoms with Crippen LogP contribution in [-0.4, -0.2) is 80.9 Å². The van der Waals surface area contributed by atoms with Crippen LogP contribution in [0.3, 0.4) is 0 Å². The summed E-state index contributed by atoms with van der Waals surface area (Å²) in [6, 6.07) is 34.5. The molecule has 0 bridgehead atoms. The Kier molecular flexibility index (Phi) is 28.6. The number of benzene rings is 5. The molecule has 3 aliphatic rings. The number of ketones is 1. The maximum Gasteiger partial charge on any atom is 1.00 e. The fraction of sp³-hybridized carbons (Fsp3) is 0.506. The minimum atomic E-state index is -0.374. The third kappa shape index (κ3) is 19.9. The van der Waals surface area contributed by atoms with Gasteiger partial charge in [0.05, 0.1) is 44.0 Å². The van der Waals surface area contributed by atoms with Gasteiger partial charge in [0.15, 0.2) is 5.78 Å². The second-order valence-electron chi connectivity index (χ2n) is 29.2. The number of phenolic OH excluding ortho intramolecular Hbond substituents is 1. The van der Waals surface area contributed by atoms with Crippen LogP contribution >= 0.6 is 0 Å². The number of esters is 2. The van der Waals surface area contributed by atoms with Gasteiger partial charge in [-0.25, -0.2) is 9.97 Å². The van der Waals surface area contributed by atoms with Crippen LogP contribution in [0.5, 0.6) is 11.5 Å². The van der Waals surface area contributed by atoms with Gasteiger partial charge in [-0.2, -0.15) is 0 Å². The first-order valence-electron chi connectivity index (χ1n) is 33.0. The normalized spacial score (nSPS) is 17.3. The summed E-state index contributed by atoms with van der Waals surface area (Å²) in [5.74, 6) is 1.95. The molecule has 2 unspecified atom stereocenters. The third-order valence-electron chi connectivity index (χ3n) is 19.5. The third-order valence-corrected chi connectivity index (χ3v) is 19.5. The number of rotatable bonds is 15. The largest absolute Gasteiger partial charge is 1.00 e. The zero-order valence-electron chi connectivity index (χ0n) is 61.7. The summed E-state index contributed by atoms with van der Waals surface area (Å²) in [6.07, 6.45) is 14.5. The van der Waals surface area contributed by atoms with Crippen molar-refractivity contribution in [1.29, 1.82) is 0 Å². The van der Waals surface area contributed by atoms with Crippen LogP contribution in [0, 0.1) is 0 Å². The number of hydrogen-bond donors (Lipinski definition) is 3. The number of phenols is 1. The van der Waals surface area contributed by atoms with E-state index in [9.17, 15) is 24.6 Å². The summed E-state index contributed by atoms with van der Waals surface area (Å²) in [5, 5.41) is 26.1. The van der Waals surface area contributed by atoms with Crippen molar-refractivity contribution in [2.75, 3.05) is 20.3 Å². The van der Waals surface area contributed by atoms with E-state index in [1.807, 2.05) is 79.8 Å². The first kappa shape index (κ1) is 80.2. The van der Waals surface area contributed by atoms with Crippen LogP contribution in [0.2, 0.25) is 0 Å². The van der Waals surface area contributed by atoms with Crippen molar-refractivity contribution in [3.8, 4) is 11.5 Å². The summed E-state index contributed by atoms with van der Waals surface area (Å²) in [4.78, 5) is 44.4. The first-order valence-corrected chi connectivity index (χ1v) is 33.0. The number of aromatic nitrogens is 4. The molecule has 2 aromatic heterocycles. The van der Waals surface area contributed by atoms with E-state index in [1.165, 1.54) is 77.5 Å². The summed E-state index contributed by atoms with van der Waals surface area (Å²) in [7, 11) is 4.83. The van der Waals surface area contributed by atoms with Crippen LogP contribution in [0.15, 0.2) is 128 Å². The molecule has 94 heavy (non-hydrogen) atoms. The average molecular weight is 1290 g/mol. The van der Waals surface area contributed by atoms with Crippen LogP contribution in [0.4, 0.5) is 0 Å². The van der Waals surface area contributed by atoms with Crippen molar-refractivity contribution in [3.63, 3.8) is 0 Å². The molecule has 2 heterocycles. The predicted molar refractivity (Wildman–Crippen MR) is 377 cm³/mol. The Morgan fingerprint density at radius 3 is 1.19 bits per heavy atom. The number of hydrogen-bond acceptors (Lipinski definition) is 11. The maximum atomic E-state index is 12.3. The molecule has 4 atom stereocenters. The molecule has 10 rings (SSSR count). The fourth-order valence-electron chi connectivity index (χ4n) is 13.2. The number of Topliss-reactive ketones (excluding diaryl/α,β-unsaturated/α-hetero) is 1. The number of carbonyl (C=O) groups excluding carboxylic acids is 3. The molecule has 0 aliphatic heterocycles. The quantitative estimate of drug-likeness (QED) is 0.0506. The van der Waals surface area contributed by atoms with E-state index in [4.69, 9.17) is 19.3 Å². The first-order chi connectivity index (χ1) is 43.1. The van der Waals surface area contributed by atoms with Crippen molar-refractivity contribution in [1.82, 2.24) is 19.1 Å². The molecular weight excluding hydrogens is 1180 g/mol. The molecule has 5 aromatic carbocycles. The van der Waals surface area contributed by atoms with Gasteiger partial charge in [0.1, 0.15) is 29.3 Å². The van der Waals surface area contributed by atoms with Crippen molar-refractivity contribution >= 4 is 26.1 Å². The molecular formula is C79H109BN4NaO9. The zero-order valence-corrected chi connectivity index (χ0v) is 62.7. The number of aryl methyl sites for hydroxylation is 2. The maximum absolute atomic E-state index is 12.3. The molecule has 0 saturated heterocycles. The van der Waals surface area contributed by atoms with Crippen molar-refractivity contribution in [2.24, 2.45) is 14.1 Å². The van der Waals surface area contributed by atoms with Crippen molar-refractivity contribution in [3.05, 3.63) is 201 Å². The number of fused-ring (bicyclic) bond motifs is 3. The summed E-state index contributed by atoms with van der Waals surface area (Å²) in [5.41, 5.74) is 14.9. The molecule has 13 nitrogen and oxygen atoms in total. The van der Waals surface area contributed by atoms with Crippen LogP contribution in [0.1, 0.15) is 272 Å². The van der Waals surface area contributed by atoms with E-state index in [2.05, 4.69) is 149 Å². The number of carbonyl (C=O) groups is 3. The fourth-order valence-corrected chi connectivity index (χ4v) is 13.2. The number of imidazole rings is 2. The monoisotopic (exact) mass is 1290 g/mol. The molecule has 15 heteroatoms. The van der Waals surface area contributed by atoms with Crippen LogP contribution in [-0.2, 0) is 65.6 Å². The van der Waals surface area contributed by atoms with E-state index < -0.39 is 0 Å².